The topological polar surface area (TPSA) is 25.8 Å². The molecule has 0 bridgehead atoms. The Labute approximate surface area is 134 Å². The molecule has 0 atom stereocenters. The number of thiophene rings is 1. The Balaban J connectivity index is 2.28. The van der Waals surface area contributed by atoms with Gasteiger partial charge in [0.05, 0.1) is 0 Å². The molecule has 4 heteroatoms. The molecular formula is C16H23N2SSe. The number of hydrogen-bond donors (Lipinski definition) is 0. The van der Waals surface area contributed by atoms with Crippen LogP contribution in [0.4, 0.5) is 0 Å². The van der Waals surface area contributed by atoms with Crippen LogP contribution in [-0.2, 0) is 12.8 Å². The van der Waals surface area contributed by atoms with E-state index in [2.05, 4.69) is 39.8 Å². The summed E-state index contributed by atoms with van der Waals surface area (Å²) in [7, 11) is 0. The number of nitrogens with zero attached hydrogens (tertiary/aromatic N) is 2. The van der Waals surface area contributed by atoms with Gasteiger partial charge in [0, 0.05) is 0 Å². The van der Waals surface area contributed by atoms with E-state index in [1.807, 2.05) is 11.3 Å². The fourth-order valence-electron chi connectivity index (χ4n) is 2.56. The molecule has 20 heavy (non-hydrogen) atoms. The summed E-state index contributed by atoms with van der Waals surface area (Å²) in [5, 5.41) is 1.29. The van der Waals surface area contributed by atoms with Gasteiger partial charge in [0.1, 0.15) is 0 Å². The molecular weight excluding hydrogens is 331 g/mol. The Kier molecular flexibility index (Phi) is 6.47. The second-order valence-electron chi connectivity index (χ2n) is 5.28. The third-order valence-electron chi connectivity index (χ3n) is 3.67. The molecule has 0 spiro atoms. The number of rotatable bonds is 8. The molecule has 0 unspecified atom stereocenters. The van der Waals surface area contributed by atoms with E-state index in [0.717, 1.165) is 9.42 Å². The van der Waals surface area contributed by atoms with Crippen LogP contribution < -0.4 is 4.59 Å². The summed E-state index contributed by atoms with van der Waals surface area (Å²) in [6.45, 7) is 4.52. The van der Waals surface area contributed by atoms with Gasteiger partial charge in [-0.05, 0) is 0 Å². The van der Waals surface area contributed by atoms with Gasteiger partial charge < -0.3 is 0 Å². The zero-order valence-electron chi connectivity index (χ0n) is 12.4. The first-order valence-corrected chi connectivity index (χ1v) is 9.37. The van der Waals surface area contributed by atoms with E-state index in [9.17, 15) is 0 Å². The Bertz CT molecular complexity index is 551. The van der Waals surface area contributed by atoms with E-state index in [-0.39, 0.29) is 0 Å². The SMILES string of the molecule is CCCCCc1sc2ncnc([Se])c2c1CCCCC. The molecule has 2 rings (SSSR count). The molecule has 0 aromatic carbocycles. The first-order chi connectivity index (χ1) is 9.77. The summed E-state index contributed by atoms with van der Waals surface area (Å²) in [6, 6.07) is 0. The number of unbranched alkanes of at least 4 members (excludes halogenated alkanes) is 4. The average Bonchev–Trinajstić information content (AvgIpc) is 2.79. The molecule has 0 N–H and O–H groups in total. The van der Waals surface area contributed by atoms with Gasteiger partial charge in [-0.15, -0.1) is 0 Å². The van der Waals surface area contributed by atoms with E-state index in [0.29, 0.717) is 0 Å². The fraction of sp³-hybridized carbons (Fsp3) is 0.625. The molecule has 0 aliphatic heterocycles. The molecule has 0 fully saturated rings. The third-order valence-corrected chi connectivity index (χ3v) is 5.52. The Morgan fingerprint density at radius 3 is 2.40 bits per heavy atom. The molecule has 0 saturated heterocycles. The first-order valence-electron chi connectivity index (χ1n) is 7.70. The van der Waals surface area contributed by atoms with Crippen molar-refractivity contribution >= 4 is 42.2 Å². The number of aryl methyl sites for hydroxylation is 2. The van der Waals surface area contributed by atoms with Gasteiger partial charge in [0.15, 0.2) is 0 Å². The molecule has 2 nitrogen and oxygen atoms in total. The molecule has 0 saturated carbocycles. The summed E-state index contributed by atoms with van der Waals surface area (Å²) in [5.74, 6) is 0. The molecule has 2 aromatic heterocycles. The molecule has 0 aliphatic carbocycles. The van der Waals surface area contributed by atoms with Crippen molar-refractivity contribution in [3.05, 3.63) is 16.8 Å². The second-order valence-corrected chi connectivity index (χ2v) is 7.17. The van der Waals surface area contributed by atoms with Gasteiger partial charge in [-0.2, -0.15) is 0 Å². The predicted octanol–water partition coefficient (Wildman–Crippen LogP) is 3.95. The predicted molar refractivity (Wildman–Crippen MR) is 89.3 cm³/mol. The molecule has 1 radical (unpaired) electrons. The summed E-state index contributed by atoms with van der Waals surface area (Å²) >= 11 is 4.99. The number of fused-ring (bicyclic) bond motifs is 1. The van der Waals surface area contributed by atoms with E-state index in [1.165, 1.54) is 62.3 Å². The van der Waals surface area contributed by atoms with E-state index >= 15 is 0 Å². The Morgan fingerprint density at radius 2 is 1.70 bits per heavy atom. The summed E-state index contributed by atoms with van der Waals surface area (Å²) in [6.07, 6.45) is 11.8. The average molecular weight is 354 g/mol. The van der Waals surface area contributed by atoms with Crippen molar-refractivity contribution < 1.29 is 0 Å². The molecule has 109 valence electrons. The molecule has 0 amide bonds. The zero-order chi connectivity index (χ0) is 14.4. The van der Waals surface area contributed by atoms with Gasteiger partial charge in [-0.1, -0.05) is 0 Å². The normalized spacial score (nSPS) is 11.3. The van der Waals surface area contributed by atoms with Crippen LogP contribution in [0.15, 0.2) is 6.33 Å². The standard InChI is InChI=1S/C16H23N2SSe/c1-3-5-7-9-12-13(10-8-6-4-2)19-15-14(12)16(20)18-11-17-15/h11H,3-10H2,1-2H3. The van der Waals surface area contributed by atoms with Crippen molar-refractivity contribution in [2.75, 3.05) is 0 Å². The van der Waals surface area contributed by atoms with Crippen LogP contribution in [0.2, 0.25) is 0 Å². The number of aromatic nitrogens is 2. The number of hydrogen-bond acceptors (Lipinski definition) is 3. The Morgan fingerprint density at radius 1 is 1.00 bits per heavy atom. The van der Waals surface area contributed by atoms with Gasteiger partial charge in [0.25, 0.3) is 0 Å². The maximum atomic E-state index is 4.47. The van der Waals surface area contributed by atoms with Crippen LogP contribution in [0.1, 0.15) is 62.8 Å². The van der Waals surface area contributed by atoms with Crippen LogP contribution in [0, 0.1) is 0 Å². The first kappa shape index (κ1) is 15.9. The summed E-state index contributed by atoms with van der Waals surface area (Å²) in [4.78, 5) is 11.5. The van der Waals surface area contributed by atoms with Gasteiger partial charge >= 0.3 is 134 Å². The van der Waals surface area contributed by atoms with Crippen molar-refractivity contribution in [1.82, 2.24) is 9.97 Å². The van der Waals surface area contributed by atoms with Crippen LogP contribution >= 0.6 is 11.3 Å². The zero-order valence-corrected chi connectivity index (χ0v) is 15.0. The van der Waals surface area contributed by atoms with Crippen LogP contribution in [0.5, 0.6) is 0 Å². The van der Waals surface area contributed by atoms with Crippen molar-refractivity contribution in [2.24, 2.45) is 0 Å². The maximum absolute atomic E-state index is 4.47. The van der Waals surface area contributed by atoms with Crippen molar-refractivity contribution in [3.8, 4) is 0 Å². The van der Waals surface area contributed by atoms with Crippen molar-refractivity contribution in [1.29, 1.82) is 0 Å². The van der Waals surface area contributed by atoms with Crippen LogP contribution in [0.25, 0.3) is 10.2 Å². The Hall–Kier alpha value is -0.441. The van der Waals surface area contributed by atoms with Crippen molar-refractivity contribution in [2.45, 2.75) is 65.2 Å². The second kappa shape index (κ2) is 8.11. The molecule has 0 aliphatic rings. The van der Waals surface area contributed by atoms with Crippen molar-refractivity contribution in [3.63, 3.8) is 0 Å². The quantitative estimate of drug-likeness (QED) is 0.530. The van der Waals surface area contributed by atoms with Gasteiger partial charge in [0.2, 0.25) is 0 Å². The minimum absolute atomic E-state index is 1.03. The van der Waals surface area contributed by atoms with Gasteiger partial charge in [-0.3, -0.25) is 0 Å². The van der Waals surface area contributed by atoms with E-state index in [1.54, 1.807) is 11.2 Å². The summed E-state index contributed by atoms with van der Waals surface area (Å²) in [5.41, 5.74) is 1.52. The monoisotopic (exact) mass is 355 g/mol. The molecule has 2 aromatic rings. The van der Waals surface area contributed by atoms with E-state index in [4.69, 9.17) is 0 Å². The van der Waals surface area contributed by atoms with Crippen LogP contribution in [0.3, 0.4) is 0 Å². The summed E-state index contributed by atoms with van der Waals surface area (Å²) < 4.78 is 1.03. The van der Waals surface area contributed by atoms with Gasteiger partial charge in [-0.25, -0.2) is 0 Å². The minimum atomic E-state index is 1.03. The third kappa shape index (κ3) is 3.81. The van der Waals surface area contributed by atoms with E-state index < -0.39 is 0 Å². The molecule has 2 heterocycles. The van der Waals surface area contributed by atoms with Crippen LogP contribution in [-0.4, -0.2) is 26.0 Å². The fourth-order valence-corrected chi connectivity index (χ4v) is 4.50.